The lowest BCUT2D eigenvalue weighted by Crippen LogP contribution is -2.23. The second kappa shape index (κ2) is 7.18. The number of aromatic nitrogens is 1. The van der Waals surface area contributed by atoms with Crippen molar-refractivity contribution >= 4 is 0 Å². The zero-order valence-electron chi connectivity index (χ0n) is 12.7. The first-order valence-electron chi connectivity index (χ1n) is 7.11. The molecule has 0 spiro atoms. The van der Waals surface area contributed by atoms with E-state index < -0.39 is 0 Å². The molecule has 1 aromatic carbocycles. The van der Waals surface area contributed by atoms with Crippen molar-refractivity contribution in [1.29, 1.82) is 0 Å². The molecule has 0 aliphatic carbocycles. The summed E-state index contributed by atoms with van der Waals surface area (Å²) in [5, 5.41) is 3.43. The molecule has 0 aliphatic rings. The molecule has 0 aliphatic heterocycles. The lowest BCUT2D eigenvalue weighted by molar-refractivity contribution is 0.386. The van der Waals surface area contributed by atoms with Gasteiger partial charge in [0, 0.05) is 18.4 Å². The van der Waals surface area contributed by atoms with Gasteiger partial charge in [0.1, 0.15) is 0 Å². The van der Waals surface area contributed by atoms with Crippen LogP contribution >= 0.6 is 0 Å². The van der Waals surface area contributed by atoms with Crippen LogP contribution in [0.2, 0.25) is 0 Å². The number of likely N-dealkylation sites (N-methyl/N-ethyl adjacent to an activating group) is 1. The number of rotatable bonds is 6. The van der Waals surface area contributed by atoms with E-state index in [0.29, 0.717) is 6.42 Å². The number of halogens is 1. The molecule has 0 saturated heterocycles. The maximum atomic E-state index is 13.8. The molecule has 2 rings (SSSR count). The van der Waals surface area contributed by atoms with Crippen molar-refractivity contribution in [3.63, 3.8) is 0 Å². The topological polar surface area (TPSA) is 34.1 Å². The average Bonchev–Trinajstić information content (AvgIpc) is 2.47. The Hall–Kier alpha value is -1.94. The summed E-state index contributed by atoms with van der Waals surface area (Å²) in [4.78, 5) is 4.24. The highest BCUT2D eigenvalue weighted by Gasteiger charge is 2.13. The number of aryl methyl sites for hydroxylation is 1. The van der Waals surface area contributed by atoms with Crippen LogP contribution < -0.4 is 10.1 Å². The van der Waals surface area contributed by atoms with Gasteiger partial charge in [0.2, 0.25) is 0 Å². The molecule has 112 valence electrons. The molecular formula is C17H21FN2O. The van der Waals surface area contributed by atoms with Crippen LogP contribution in [-0.2, 0) is 6.42 Å². The molecule has 3 nitrogen and oxygen atoms in total. The third-order valence-corrected chi connectivity index (χ3v) is 3.41. The number of hydrogen-bond donors (Lipinski definition) is 1. The predicted octanol–water partition coefficient (Wildman–Crippen LogP) is 3.43. The van der Waals surface area contributed by atoms with E-state index in [1.807, 2.05) is 25.4 Å². The molecule has 0 fully saturated rings. The van der Waals surface area contributed by atoms with Gasteiger partial charge >= 0.3 is 0 Å². The summed E-state index contributed by atoms with van der Waals surface area (Å²) >= 11 is 0. The Labute approximate surface area is 125 Å². The molecule has 4 heteroatoms. The van der Waals surface area contributed by atoms with Gasteiger partial charge in [-0.2, -0.15) is 0 Å². The summed E-state index contributed by atoms with van der Waals surface area (Å²) in [6.07, 6.45) is 4.40. The van der Waals surface area contributed by atoms with Gasteiger partial charge < -0.3 is 10.1 Å². The highest BCUT2D eigenvalue weighted by molar-refractivity contribution is 5.31. The van der Waals surface area contributed by atoms with Gasteiger partial charge in [0.15, 0.2) is 11.6 Å². The fourth-order valence-corrected chi connectivity index (χ4v) is 2.40. The zero-order valence-corrected chi connectivity index (χ0v) is 12.7. The first-order chi connectivity index (χ1) is 10.1. The number of hydrogen-bond acceptors (Lipinski definition) is 3. The molecule has 0 bridgehead atoms. The highest BCUT2D eigenvalue weighted by Crippen LogP contribution is 2.23. The standard InChI is InChI=1S/C17H21FN2O/c1-4-20-16(14-7-12(2)10-19-11-14)9-13-5-6-17(21-3)15(18)8-13/h5-8,10-11,16,20H,4,9H2,1-3H3. The summed E-state index contributed by atoms with van der Waals surface area (Å²) in [6, 6.07) is 7.33. The molecular weight excluding hydrogens is 267 g/mol. The molecule has 21 heavy (non-hydrogen) atoms. The first-order valence-corrected chi connectivity index (χ1v) is 7.11. The Morgan fingerprint density at radius 3 is 2.71 bits per heavy atom. The van der Waals surface area contributed by atoms with Crippen LogP contribution in [0.25, 0.3) is 0 Å². The van der Waals surface area contributed by atoms with Crippen molar-refractivity contribution < 1.29 is 9.13 Å². The quantitative estimate of drug-likeness (QED) is 0.884. The van der Waals surface area contributed by atoms with E-state index in [1.165, 1.54) is 13.2 Å². The van der Waals surface area contributed by atoms with Crippen molar-refractivity contribution in [2.75, 3.05) is 13.7 Å². The average molecular weight is 288 g/mol. The Kier molecular flexibility index (Phi) is 5.28. The lowest BCUT2D eigenvalue weighted by atomic mass is 9.99. The second-order valence-corrected chi connectivity index (χ2v) is 5.08. The third kappa shape index (κ3) is 4.02. The monoisotopic (exact) mass is 288 g/mol. The number of pyridine rings is 1. The van der Waals surface area contributed by atoms with Gasteiger partial charge in [-0.05, 0) is 48.7 Å². The van der Waals surface area contributed by atoms with E-state index >= 15 is 0 Å². The largest absolute Gasteiger partial charge is 0.494 e. The van der Waals surface area contributed by atoms with Gasteiger partial charge in [-0.25, -0.2) is 4.39 Å². The number of nitrogens with one attached hydrogen (secondary N) is 1. The van der Waals surface area contributed by atoms with E-state index in [-0.39, 0.29) is 17.6 Å². The van der Waals surface area contributed by atoms with Crippen LogP contribution in [0.15, 0.2) is 36.7 Å². The predicted molar refractivity (Wildman–Crippen MR) is 82.0 cm³/mol. The fourth-order valence-electron chi connectivity index (χ4n) is 2.40. The molecule has 1 aromatic heterocycles. The van der Waals surface area contributed by atoms with Gasteiger partial charge in [-0.3, -0.25) is 4.98 Å². The Bertz CT molecular complexity index is 601. The number of methoxy groups -OCH3 is 1. The van der Waals surface area contributed by atoms with Crippen LogP contribution in [0, 0.1) is 12.7 Å². The SMILES string of the molecule is CCNC(Cc1ccc(OC)c(F)c1)c1cncc(C)c1. The lowest BCUT2D eigenvalue weighted by Gasteiger charge is -2.19. The van der Waals surface area contributed by atoms with Crippen LogP contribution in [0.1, 0.15) is 29.7 Å². The number of ether oxygens (including phenoxy) is 1. The minimum absolute atomic E-state index is 0.121. The summed E-state index contributed by atoms with van der Waals surface area (Å²) in [6.45, 7) is 4.93. The normalized spacial score (nSPS) is 12.2. The van der Waals surface area contributed by atoms with E-state index in [0.717, 1.165) is 23.2 Å². The minimum atomic E-state index is -0.326. The summed E-state index contributed by atoms with van der Waals surface area (Å²) < 4.78 is 18.7. The van der Waals surface area contributed by atoms with E-state index in [9.17, 15) is 4.39 Å². The van der Waals surface area contributed by atoms with E-state index in [2.05, 4.69) is 23.3 Å². The Morgan fingerprint density at radius 2 is 2.10 bits per heavy atom. The molecule has 2 aromatic rings. The van der Waals surface area contributed by atoms with Crippen molar-refractivity contribution in [3.8, 4) is 5.75 Å². The number of benzene rings is 1. The molecule has 1 atom stereocenters. The maximum Gasteiger partial charge on any atom is 0.165 e. The van der Waals surface area contributed by atoms with E-state index in [1.54, 1.807) is 6.07 Å². The Balaban J connectivity index is 2.22. The van der Waals surface area contributed by atoms with Crippen molar-refractivity contribution in [3.05, 3.63) is 59.2 Å². The molecule has 0 radical (unpaired) electrons. The van der Waals surface area contributed by atoms with Gasteiger partial charge in [-0.1, -0.05) is 19.1 Å². The highest BCUT2D eigenvalue weighted by atomic mass is 19.1. The minimum Gasteiger partial charge on any atom is -0.494 e. The van der Waals surface area contributed by atoms with Crippen LogP contribution in [-0.4, -0.2) is 18.6 Å². The van der Waals surface area contributed by atoms with Crippen LogP contribution in [0.3, 0.4) is 0 Å². The second-order valence-electron chi connectivity index (χ2n) is 5.08. The van der Waals surface area contributed by atoms with Gasteiger partial charge in [0.25, 0.3) is 0 Å². The summed E-state index contributed by atoms with van der Waals surface area (Å²) in [7, 11) is 1.47. The fraction of sp³-hybridized carbons (Fsp3) is 0.353. The molecule has 0 amide bonds. The molecule has 1 N–H and O–H groups in total. The number of nitrogens with zero attached hydrogens (tertiary/aromatic N) is 1. The van der Waals surface area contributed by atoms with Crippen LogP contribution in [0.5, 0.6) is 5.75 Å². The van der Waals surface area contributed by atoms with Gasteiger partial charge in [0.05, 0.1) is 7.11 Å². The zero-order chi connectivity index (χ0) is 15.2. The molecule has 1 unspecified atom stereocenters. The van der Waals surface area contributed by atoms with Crippen molar-refractivity contribution in [2.45, 2.75) is 26.3 Å². The molecule has 0 saturated carbocycles. The summed E-state index contributed by atoms with van der Waals surface area (Å²) in [5.41, 5.74) is 3.17. The first kappa shape index (κ1) is 15.4. The van der Waals surface area contributed by atoms with Crippen molar-refractivity contribution in [1.82, 2.24) is 10.3 Å². The Morgan fingerprint density at radius 1 is 1.29 bits per heavy atom. The van der Waals surface area contributed by atoms with E-state index in [4.69, 9.17) is 4.74 Å². The smallest absolute Gasteiger partial charge is 0.165 e. The van der Waals surface area contributed by atoms with Crippen molar-refractivity contribution in [2.24, 2.45) is 0 Å². The molecule has 1 heterocycles. The maximum absolute atomic E-state index is 13.8. The summed E-state index contributed by atoms with van der Waals surface area (Å²) in [5.74, 6) is -0.0522. The van der Waals surface area contributed by atoms with Crippen LogP contribution in [0.4, 0.5) is 4.39 Å². The third-order valence-electron chi connectivity index (χ3n) is 3.41. The van der Waals surface area contributed by atoms with Gasteiger partial charge in [-0.15, -0.1) is 0 Å².